The Kier molecular flexibility index (Phi) is 10.2. The van der Waals surface area contributed by atoms with Gasteiger partial charge in [0.1, 0.15) is 17.7 Å². The molecule has 0 saturated heterocycles. The van der Waals surface area contributed by atoms with Gasteiger partial charge in [-0.3, -0.25) is 14.4 Å². The first-order chi connectivity index (χ1) is 20.0. The number of carbonyl (C=O) groups is 4. The van der Waals surface area contributed by atoms with Gasteiger partial charge in [-0.15, -0.1) is 0 Å². The van der Waals surface area contributed by atoms with Crippen LogP contribution in [0.4, 0.5) is 10.5 Å². The number of rotatable bonds is 9. The van der Waals surface area contributed by atoms with Gasteiger partial charge in [0.25, 0.3) is 5.91 Å². The van der Waals surface area contributed by atoms with E-state index in [0.717, 1.165) is 21.9 Å². The Balaban J connectivity index is 2.12. The van der Waals surface area contributed by atoms with Crippen LogP contribution >= 0.6 is 0 Å². The fourth-order valence-corrected chi connectivity index (χ4v) is 4.95. The molecule has 2 atom stereocenters. The molecule has 3 aromatic rings. The summed E-state index contributed by atoms with van der Waals surface area (Å²) in [6.45, 7) is 14.5. The number of benzene rings is 3. The monoisotopic (exact) mass is 588 g/mol. The Morgan fingerprint density at radius 2 is 1.53 bits per heavy atom. The van der Waals surface area contributed by atoms with Gasteiger partial charge in [-0.2, -0.15) is 0 Å². The fraction of sp³-hybridized carbons (Fsp3) is 0.412. The molecule has 0 aliphatic carbocycles. The van der Waals surface area contributed by atoms with E-state index < -0.39 is 47.0 Å². The zero-order chi connectivity index (χ0) is 32.1. The standard InChI is InChI=1S/C34H44N4O5/c1-21-12-11-15-26(22(21)2)29(30(40)36-25-17-16-23-13-9-10-14-24(23)20-25)38(33(3,4)5)31(41)27(18-19-28(35)39)37-32(42)43-34(6,7)8/h9-17,20,27,29H,18-19H2,1-8H3,(H2,35,39)(H,36,40)(H,37,42). The second-order valence-corrected chi connectivity index (χ2v) is 12.8. The summed E-state index contributed by atoms with van der Waals surface area (Å²) in [4.78, 5) is 54.8. The lowest BCUT2D eigenvalue weighted by Gasteiger charge is -2.43. The van der Waals surface area contributed by atoms with Crippen LogP contribution in [-0.4, -0.2) is 45.9 Å². The molecule has 43 heavy (non-hydrogen) atoms. The number of nitrogens with one attached hydrogen (secondary N) is 2. The lowest BCUT2D eigenvalue weighted by Crippen LogP contribution is -2.58. The molecule has 9 heteroatoms. The maximum Gasteiger partial charge on any atom is 0.408 e. The lowest BCUT2D eigenvalue weighted by molar-refractivity contribution is -0.147. The van der Waals surface area contributed by atoms with Gasteiger partial charge in [0, 0.05) is 17.6 Å². The average molecular weight is 589 g/mol. The van der Waals surface area contributed by atoms with Crippen molar-refractivity contribution < 1.29 is 23.9 Å². The number of nitrogens with two attached hydrogens (primary N) is 1. The summed E-state index contributed by atoms with van der Waals surface area (Å²) in [7, 11) is 0. The maximum absolute atomic E-state index is 14.5. The molecule has 0 fully saturated rings. The Labute approximate surface area is 254 Å². The number of nitrogens with zero attached hydrogens (tertiary/aromatic N) is 1. The maximum atomic E-state index is 14.5. The number of aryl methyl sites for hydroxylation is 1. The van der Waals surface area contributed by atoms with Gasteiger partial charge in [-0.25, -0.2) is 4.79 Å². The van der Waals surface area contributed by atoms with E-state index in [0.29, 0.717) is 11.3 Å². The molecule has 2 unspecified atom stereocenters. The molecule has 4 N–H and O–H groups in total. The average Bonchev–Trinajstić information content (AvgIpc) is 2.89. The minimum Gasteiger partial charge on any atom is -0.444 e. The third-order valence-electron chi connectivity index (χ3n) is 7.09. The van der Waals surface area contributed by atoms with Crippen molar-refractivity contribution in [3.63, 3.8) is 0 Å². The van der Waals surface area contributed by atoms with Crippen molar-refractivity contribution in [1.82, 2.24) is 10.2 Å². The van der Waals surface area contributed by atoms with E-state index in [-0.39, 0.29) is 12.8 Å². The summed E-state index contributed by atoms with van der Waals surface area (Å²) in [5, 5.41) is 7.65. The predicted octanol–water partition coefficient (Wildman–Crippen LogP) is 5.92. The molecule has 0 radical (unpaired) electrons. The van der Waals surface area contributed by atoms with Crippen LogP contribution in [0.1, 0.15) is 77.1 Å². The van der Waals surface area contributed by atoms with Gasteiger partial charge >= 0.3 is 6.09 Å². The first-order valence-corrected chi connectivity index (χ1v) is 14.4. The minimum atomic E-state index is -1.18. The van der Waals surface area contributed by atoms with Gasteiger partial charge in [0.2, 0.25) is 11.8 Å². The van der Waals surface area contributed by atoms with E-state index in [1.54, 1.807) is 20.8 Å². The number of amides is 4. The summed E-state index contributed by atoms with van der Waals surface area (Å²) in [6, 6.07) is 16.8. The van der Waals surface area contributed by atoms with Gasteiger partial charge in [0.05, 0.1) is 0 Å². The van der Waals surface area contributed by atoms with Crippen LogP contribution in [0.5, 0.6) is 0 Å². The van der Waals surface area contributed by atoms with Crippen LogP contribution < -0.4 is 16.4 Å². The van der Waals surface area contributed by atoms with E-state index in [1.165, 1.54) is 4.90 Å². The Bertz CT molecular complexity index is 1500. The van der Waals surface area contributed by atoms with Crippen LogP contribution in [0, 0.1) is 13.8 Å². The third-order valence-corrected chi connectivity index (χ3v) is 7.09. The molecule has 0 spiro atoms. The molecule has 230 valence electrons. The van der Waals surface area contributed by atoms with Crippen LogP contribution in [0.15, 0.2) is 60.7 Å². The van der Waals surface area contributed by atoms with Crippen LogP contribution in [0.25, 0.3) is 10.8 Å². The Morgan fingerprint density at radius 3 is 2.14 bits per heavy atom. The third kappa shape index (κ3) is 8.80. The molecule has 0 saturated carbocycles. The highest BCUT2D eigenvalue weighted by molar-refractivity contribution is 6.01. The summed E-state index contributed by atoms with van der Waals surface area (Å²) < 4.78 is 5.42. The number of carbonyl (C=O) groups excluding carboxylic acids is 4. The number of ether oxygens (including phenoxy) is 1. The summed E-state index contributed by atoms with van der Waals surface area (Å²) in [6.07, 6.45) is -1.03. The predicted molar refractivity (Wildman–Crippen MR) is 169 cm³/mol. The first-order valence-electron chi connectivity index (χ1n) is 14.4. The van der Waals surface area contributed by atoms with E-state index >= 15 is 0 Å². The molecular formula is C34H44N4O5. The molecule has 3 aromatic carbocycles. The van der Waals surface area contributed by atoms with Crippen molar-refractivity contribution in [3.8, 4) is 0 Å². The largest absolute Gasteiger partial charge is 0.444 e. The smallest absolute Gasteiger partial charge is 0.408 e. The molecule has 0 bridgehead atoms. The normalized spacial score (nSPS) is 13.1. The highest BCUT2D eigenvalue weighted by atomic mass is 16.6. The number of anilines is 1. The lowest BCUT2D eigenvalue weighted by atomic mass is 9.91. The van der Waals surface area contributed by atoms with E-state index in [9.17, 15) is 19.2 Å². The molecule has 0 aliphatic heterocycles. The number of primary amides is 1. The van der Waals surface area contributed by atoms with Crippen LogP contribution in [0.3, 0.4) is 0 Å². The van der Waals surface area contributed by atoms with Crippen molar-refractivity contribution in [1.29, 1.82) is 0 Å². The summed E-state index contributed by atoms with van der Waals surface area (Å²) in [5.41, 5.74) is 6.76. The van der Waals surface area contributed by atoms with Crippen molar-refractivity contribution >= 4 is 40.3 Å². The Morgan fingerprint density at radius 1 is 0.884 bits per heavy atom. The topological polar surface area (TPSA) is 131 Å². The van der Waals surface area contributed by atoms with E-state index in [2.05, 4.69) is 10.6 Å². The quantitative estimate of drug-likeness (QED) is 0.286. The highest BCUT2D eigenvalue weighted by Gasteiger charge is 2.42. The zero-order valence-corrected chi connectivity index (χ0v) is 26.4. The molecule has 0 heterocycles. The Hall–Kier alpha value is -4.40. The van der Waals surface area contributed by atoms with E-state index in [4.69, 9.17) is 10.5 Å². The molecular weight excluding hydrogens is 544 g/mol. The number of hydrogen-bond acceptors (Lipinski definition) is 5. The first kappa shape index (κ1) is 33.1. The zero-order valence-electron chi connectivity index (χ0n) is 26.4. The molecule has 4 amide bonds. The second kappa shape index (κ2) is 13.3. The second-order valence-electron chi connectivity index (χ2n) is 12.8. The molecule has 0 aliphatic rings. The SMILES string of the molecule is Cc1cccc(C(C(=O)Nc2ccc3ccccc3c2)N(C(=O)C(CCC(N)=O)NC(=O)OC(C)(C)C)C(C)(C)C)c1C. The van der Waals surface area contributed by atoms with Gasteiger partial charge in [-0.05, 0) is 101 Å². The van der Waals surface area contributed by atoms with Crippen molar-refractivity contribution in [3.05, 3.63) is 77.4 Å². The number of hydrogen-bond donors (Lipinski definition) is 3. The molecule has 3 rings (SSSR count). The van der Waals surface area contributed by atoms with E-state index in [1.807, 2.05) is 95.3 Å². The van der Waals surface area contributed by atoms with Crippen LogP contribution in [-0.2, 0) is 19.1 Å². The summed E-state index contributed by atoms with van der Waals surface area (Å²) >= 11 is 0. The summed E-state index contributed by atoms with van der Waals surface area (Å²) in [5.74, 6) is -1.58. The minimum absolute atomic E-state index is 0.0637. The highest BCUT2D eigenvalue weighted by Crippen LogP contribution is 2.34. The molecule has 0 aromatic heterocycles. The van der Waals surface area contributed by atoms with Gasteiger partial charge in [-0.1, -0.05) is 48.5 Å². The van der Waals surface area contributed by atoms with Gasteiger partial charge in [0.15, 0.2) is 0 Å². The number of alkyl carbamates (subject to hydrolysis) is 1. The van der Waals surface area contributed by atoms with Crippen molar-refractivity contribution in [2.24, 2.45) is 5.73 Å². The van der Waals surface area contributed by atoms with Crippen LogP contribution in [0.2, 0.25) is 0 Å². The molecule has 9 nitrogen and oxygen atoms in total. The van der Waals surface area contributed by atoms with Crippen molar-refractivity contribution in [2.75, 3.05) is 5.32 Å². The fourth-order valence-electron chi connectivity index (χ4n) is 4.95. The number of fused-ring (bicyclic) bond motifs is 1. The van der Waals surface area contributed by atoms with Crippen molar-refractivity contribution in [2.45, 2.75) is 91.5 Å². The van der Waals surface area contributed by atoms with Gasteiger partial charge < -0.3 is 26.0 Å².